The molecular weight excluding hydrogens is 406 g/mol. The number of halogens is 2. The first-order valence-electron chi connectivity index (χ1n) is 9.01. The number of carbonyl (C=O) groups excluding carboxylic acids is 3. The van der Waals surface area contributed by atoms with Crippen molar-refractivity contribution in [2.75, 3.05) is 19.8 Å². The predicted octanol–water partition coefficient (Wildman–Crippen LogP) is 0.801. The van der Waals surface area contributed by atoms with Crippen LogP contribution >= 0.6 is 0 Å². The molecule has 0 aromatic carbocycles. The lowest BCUT2D eigenvalue weighted by molar-refractivity contribution is -0.122. The van der Waals surface area contributed by atoms with Crippen molar-refractivity contribution in [2.45, 2.75) is 31.7 Å². The lowest BCUT2D eigenvalue weighted by Crippen LogP contribution is -2.51. The van der Waals surface area contributed by atoms with Gasteiger partial charge in [-0.3, -0.25) is 10.1 Å². The molecule has 3 N–H and O–H groups in total. The van der Waals surface area contributed by atoms with Gasteiger partial charge in [0.2, 0.25) is 5.91 Å². The number of aromatic nitrogens is 3. The minimum Gasteiger partial charge on any atom is -0.483 e. The summed E-state index contributed by atoms with van der Waals surface area (Å²) < 4.78 is 39.2. The van der Waals surface area contributed by atoms with Gasteiger partial charge in [0.25, 0.3) is 0 Å². The van der Waals surface area contributed by atoms with Crippen LogP contribution in [0.15, 0.2) is 18.5 Å². The molecule has 0 spiro atoms. The van der Waals surface area contributed by atoms with Crippen molar-refractivity contribution in [3.63, 3.8) is 0 Å². The lowest BCUT2D eigenvalue weighted by Gasteiger charge is -2.22. The maximum Gasteiger partial charge on any atom is 0.407 e. The molecular formula is C17H20F2N6O5. The number of hydrogen-bond acceptors (Lipinski definition) is 7. The van der Waals surface area contributed by atoms with Gasteiger partial charge in [0, 0.05) is 31.0 Å². The highest BCUT2D eigenvalue weighted by atomic mass is 19.3. The standard InChI is InChI=1S/C17H20F2N6O5/c1-9(2)22-16(28)30-8-17(18,19)7-29-12-5-11(24-25-4-3-20-13(12)25)10-6-21-15(27)23-14(10)26/h3-5,9-10H,6-8H2,1-2H3,(H,22,28)(H2,21,23,26,27). The number of carbonyl (C=O) groups is 3. The molecule has 13 heteroatoms. The summed E-state index contributed by atoms with van der Waals surface area (Å²) in [6.07, 6.45) is 1.89. The van der Waals surface area contributed by atoms with Gasteiger partial charge in [-0.05, 0) is 13.8 Å². The van der Waals surface area contributed by atoms with Crippen LogP contribution in [0.2, 0.25) is 0 Å². The summed E-state index contributed by atoms with van der Waals surface area (Å²) >= 11 is 0. The fourth-order valence-corrected chi connectivity index (χ4v) is 2.63. The Hall–Kier alpha value is -3.51. The zero-order chi connectivity index (χ0) is 21.9. The second-order valence-electron chi connectivity index (χ2n) is 6.90. The van der Waals surface area contributed by atoms with Gasteiger partial charge >= 0.3 is 18.0 Å². The molecule has 11 nitrogen and oxygen atoms in total. The second-order valence-corrected chi connectivity index (χ2v) is 6.90. The number of fused-ring (bicyclic) bond motifs is 1. The van der Waals surface area contributed by atoms with Gasteiger partial charge in [-0.2, -0.15) is 13.9 Å². The highest BCUT2D eigenvalue weighted by Crippen LogP contribution is 2.26. The van der Waals surface area contributed by atoms with Crippen molar-refractivity contribution in [2.24, 2.45) is 0 Å². The summed E-state index contributed by atoms with van der Waals surface area (Å²) in [5.74, 6) is -4.93. The van der Waals surface area contributed by atoms with E-state index in [-0.39, 0.29) is 29.7 Å². The van der Waals surface area contributed by atoms with Gasteiger partial charge in [0.1, 0.15) is 0 Å². The lowest BCUT2D eigenvalue weighted by atomic mass is 10.0. The molecule has 2 aromatic heterocycles. The molecule has 1 fully saturated rings. The summed E-state index contributed by atoms with van der Waals surface area (Å²) in [6, 6.07) is 0.428. The van der Waals surface area contributed by atoms with Crippen LogP contribution in [0, 0.1) is 0 Å². The van der Waals surface area contributed by atoms with E-state index in [0.717, 1.165) is 0 Å². The van der Waals surface area contributed by atoms with Crippen molar-refractivity contribution in [3.05, 3.63) is 24.2 Å². The predicted molar refractivity (Wildman–Crippen MR) is 97.3 cm³/mol. The molecule has 3 heterocycles. The van der Waals surface area contributed by atoms with E-state index >= 15 is 0 Å². The molecule has 1 aliphatic heterocycles. The van der Waals surface area contributed by atoms with Crippen molar-refractivity contribution >= 4 is 23.7 Å². The number of rotatable bonds is 7. The van der Waals surface area contributed by atoms with Gasteiger partial charge in [0.05, 0.1) is 11.6 Å². The van der Waals surface area contributed by atoms with Crippen LogP contribution in [-0.4, -0.2) is 64.4 Å². The van der Waals surface area contributed by atoms with E-state index in [1.54, 1.807) is 13.8 Å². The minimum atomic E-state index is -3.47. The number of nitrogens with one attached hydrogen (secondary N) is 3. The number of imidazole rings is 1. The fraction of sp³-hybridized carbons (Fsp3) is 0.471. The first-order valence-corrected chi connectivity index (χ1v) is 9.01. The highest BCUT2D eigenvalue weighted by molar-refractivity contribution is 6.00. The largest absolute Gasteiger partial charge is 0.483 e. The molecule has 4 amide bonds. The Bertz CT molecular complexity index is 963. The summed E-state index contributed by atoms with van der Waals surface area (Å²) in [5.41, 5.74) is 0.358. The smallest absolute Gasteiger partial charge is 0.407 e. The number of urea groups is 1. The first-order chi connectivity index (χ1) is 14.1. The van der Waals surface area contributed by atoms with Crippen LogP contribution in [0.25, 0.3) is 5.65 Å². The van der Waals surface area contributed by atoms with Crippen molar-refractivity contribution in [1.29, 1.82) is 0 Å². The summed E-state index contributed by atoms with van der Waals surface area (Å²) in [7, 11) is 0. The molecule has 1 aliphatic rings. The molecule has 1 unspecified atom stereocenters. The van der Waals surface area contributed by atoms with Crippen molar-refractivity contribution in [3.8, 4) is 5.75 Å². The average Bonchev–Trinajstić information content (AvgIpc) is 3.13. The van der Waals surface area contributed by atoms with E-state index in [0.29, 0.717) is 0 Å². The third-order valence-electron chi connectivity index (χ3n) is 3.98. The molecule has 162 valence electrons. The maximum absolute atomic E-state index is 14.1. The summed E-state index contributed by atoms with van der Waals surface area (Å²) in [4.78, 5) is 38.7. The number of alkyl halides is 2. The Kier molecular flexibility index (Phi) is 5.99. The molecule has 3 rings (SSSR count). The molecule has 2 aromatic rings. The minimum absolute atomic E-state index is 0.00767. The fourth-order valence-electron chi connectivity index (χ4n) is 2.63. The van der Waals surface area contributed by atoms with Gasteiger partial charge in [-0.25, -0.2) is 19.1 Å². The third kappa shape index (κ3) is 5.10. The van der Waals surface area contributed by atoms with Crippen LogP contribution < -0.4 is 20.7 Å². The molecule has 0 aliphatic carbocycles. The maximum atomic E-state index is 14.1. The molecule has 1 atom stereocenters. The number of ether oxygens (including phenoxy) is 2. The van der Waals surface area contributed by atoms with Gasteiger partial charge in [-0.1, -0.05) is 0 Å². The van der Waals surface area contributed by atoms with E-state index in [9.17, 15) is 23.2 Å². The normalized spacial score (nSPS) is 16.9. The van der Waals surface area contributed by atoms with E-state index in [2.05, 4.69) is 30.8 Å². The third-order valence-corrected chi connectivity index (χ3v) is 3.98. The number of imide groups is 1. The second kappa shape index (κ2) is 8.47. The zero-order valence-corrected chi connectivity index (χ0v) is 16.1. The van der Waals surface area contributed by atoms with E-state index in [4.69, 9.17) is 4.74 Å². The van der Waals surface area contributed by atoms with Crippen LogP contribution in [0.4, 0.5) is 18.4 Å². The van der Waals surface area contributed by atoms with Crippen LogP contribution in [0.1, 0.15) is 25.5 Å². The molecule has 0 saturated carbocycles. The molecule has 30 heavy (non-hydrogen) atoms. The summed E-state index contributed by atoms with van der Waals surface area (Å²) in [6.45, 7) is 1.05. The number of nitrogens with zero attached hydrogens (tertiary/aromatic N) is 3. The SMILES string of the molecule is CC(C)NC(=O)OCC(F)(F)COc1cc(C2CNC(=O)NC2=O)nn2ccnc12. The monoisotopic (exact) mass is 426 g/mol. The van der Waals surface area contributed by atoms with Crippen LogP contribution in [0.3, 0.4) is 0 Å². The highest BCUT2D eigenvalue weighted by Gasteiger charge is 2.34. The molecule has 0 bridgehead atoms. The van der Waals surface area contributed by atoms with E-state index < -0.39 is 43.1 Å². The number of hydrogen-bond donors (Lipinski definition) is 3. The van der Waals surface area contributed by atoms with Gasteiger partial charge in [-0.15, -0.1) is 0 Å². The van der Waals surface area contributed by atoms with E-state index in [1.807, 2.05) is 0 Å². The Balaban J connectivity index is 1.72. The quantitative estimate of drug-likeness (QED) is 0.596. The Morgan fingerprint density at radius 3 is 2.87 bits per heavy atom. The average molecular weight is 426 g/mol. The van der Waals surface area contributed by atoms with Gasteiger partial charge in [0.15, 0.2) is 24.6 Å². The van der Waals surface area contributed by atoms with Crippen LogP contribution in [-0.2, 0) is 9.53 Å². The van der Waals surface area contributed by atoms with Gasteiger partial charge < -0.3 is 20.1 Å². The van der Waals surface area contributed by atoms with E-state index in [1.165, 1.54) is 23.0 Å². The van der Waals surface area contributed by atoms with Crippen molar-refractivity contribution < 1.29 is 32.6 Å². The number of amides is 4. The Morgan fingerprint density at radius 2 is 2.17 bits per heavy atom. The zero-order valence-electron chi connectivity index (χ0n) is 16.1. The van der Waals surface area contributed by atoms with Crippen molar-refractivity contribution in [1.82, 2.24) is 30.5 Å². The topological polar surface area (TPSA) is 136 Å². The Morgan fingerprint density at radius 1 is 1.40 bits per heavy atom. The first kappa shape index (κ1) is 21.2. The summed E-state index contributed by atoms with van der Waals surface area (Å²) in [5, 5.41) is 11.1. The molecule has 0 radical (unpaired) electrons. The van der Waals surface area contributed by atoms with Crippen LogP contribution in [0.5, 0.6) is 5.75 Å². The Labute approximate surface area is 169 Å². The number of alkyl carbamates (subject to hydrolysis) is 1. The molecule has 1 saturated heterocycles.